The molecule has 84 valence electrons. The fourth-order valence-electron chi connectivity index (χ4n) is 0.982. The van der Waals surface area contributed by atoms with Gasteiger partial charge in [-0.2, -0.15) is 0 Å². The fourth-order valence-corrected chi connectivity index (χ4v) is 0.982. The van der Waals surface area contributed by atoms with Gasteiger partial charge in [-0.25, -0.2) is 0 Å². The number of hydrogen-bond donors (Lipinski definition) is 0. The van der Waals surface area contributed by atoms with E-state index in [1.807, 2.05) is 13.8 Å². The van der Waals surface area contributed by atoms with E-state index >= 15 is 0 Å². The van der Waals surface area contributed by atoms with Gasteiger partial charge < -0.3 is 9.47 Å². The van der Waals surface area contributed by atoms with Crippen molar-refractivity contribution in [2.75, 3.05) is 20.3 Å². The molecule has 0 unspecified atom stereocenters. The highest BCUT2D eigenvalue weighted by atomic mass is 16.5. The van der Waals surface area contributed by atoms with Crippen molar-refractivity contribution in [1.82, 2.24) is 0 Å². The SMILES string of the molecule is COC(=O)C(C)(C)COCCC(C)C. The van der Waals surface area contributed by atoms with E-state index in [9.17, 15) is 4.79 Å². The van der Waals surface area contributed by atoms with Crippen molar-refractivity contribution >= 4 is 5.97 Å². The molecular weight excluding hydrogens is 180 g/mol. The maximum Gasteiger partial charge on any atom is 0.313 e. The molecule has 0 heterocycles. The minimum Gasteiger partial charge on any atom is -0.469 e. The molecule has 0 amide bonds. The smallest absolute Gasteiger partial charge is 0.313 e. The van der Waals surface area contributed by atoms with Crippen molar-refractivity contribution < 1.29 is 14.3 Å². The normalized spacial score (nSPS) is 11.9. The predicted octanol–water partition coefficient (Wildman–Crippen LogP) is 2.25. The quantitative estimate of drug-likeness (QED) is 0.489. The third kappa shape index (κ3) is 5.22. The Labute approximate surface area is 86.8 Å². The third-order valence-electron chi connectivity index (χ3n) is 2.04. The zero-order valence-electron chi connectivity index (χ0n) is 9.92. The van der Waals surface area contributed by atoms with Crippen LogP contribution in [0.5, 0.6) is 0 Å². The van der Waals surface area contributed by atoms with Crippen LogP contribution in [0.25, 0.3) is 0 Å². The molecule has 0 bridgehead atoms. The van der Waals surface area contributed by atoms with Crippen LogP contribution in [0.1, 0.15) is 34.1 Å². The molecule has 0 aliphatic carbocycles. The van der Waals surface area contributed by atoms with E-state index in [1.165, 1.54) is 7.11 Å². The lowest BCUT2D eigenvalue weighted by molar-refractivity contribution is -0.154. The lowest BCUT2D eigenvalue weighted by Gasteiger charge is -2.21. The van der Waals surface area contributed by atoms with Crippen molar-refractivity contribution in [2.45, 2.75) is 34.1 Å². The van der Waals surface area contributed by atoms with Crippen LogP contribution in [0.4, 0.5) is 0 Å². The van der Waals surface area contributed by atoms with Crippen LogP contribution in [-0.4, -0.2) is 26.3 Å². The molecule has 0 radical (unpaired) electrons. The second kappa shape index (κ2) is 6.02. The number of esters is 1. The maximum atomic E-state index is 11.3. The molecule has 0 saturated heterocycles. The second-order valence-corrected chi connectivity index (χ2v) is 4.61. The molecular formula is C11H22O3. The molecule has 0 aliphatic heterocycles. The Morgan fingerprint density at radius 3 is 2.36 bits per heavy atom. The molecule has 0 fully saturated rings. The van der Waals surface area contributed by atoms with Gasteiger partial charge in [0.1, 0.15) is 0 Å². The first-order valence-corrected chi connectivity index (χ1v) is 5.06. The Morgan fingerprint density at radius 1 is 1.36 bits per heavy atom. The Balaban J connectivity index is 3.71. The predicted molar refractivity (Wildman–Crippen MR) is 56.1 cm³/mol. The average Bonchev–Trinajstić information content (AvgIpc) is 2.10. The van der Waals surface area contributed by atoms with Crippen LogP contribution >= 0.6 is 0 Å². The topological polar surface area (TPSA) is 35.5 Å². The van der Waals surface area contributed by atoms with E-state index in [2.05, 4.69) is 18.6 Å². The summed E-state index contributed by atoms with van der Waals surface area (Å²) in [4.78, 5) is 11.3. The van der Waals surface area contributed by atoms with E-state index in [1.54, 1.807) is 0 Å². The molecule has 0 aromatic rings. The van der Waals surface area contributed by atoms with E-state index in [4.69, 9.17) is 4.74 Å². The molecule has 0 aromatic heterocycles. The second-order valence-electron chi connectivity index (χ2n) is 4.61. The van der Waals surface area contributed by atoms with Gasteiger partial charge in [0.15, 0.2) is 0 Å². The van der Waals surface area contributed by atoms with Crippen molar-refractivity contribution in [3.8, 4) is 0 Å². The summed E-state index contributed by atoms with van der Waals surface area (Å²) in [6, 6.07) is 0. The molecule has 0 N–H and O–H groups in total. The van der Waals surface area contributed by atoms with Gasteiger partial charge in [-0.05, 0) is 26.2 Å². The zero-order chi connectivity index (χ0) is 11.2. The monoisotopic (exact) mass is 202 g/mol. The van der Waals surface area contributed by atoms with Gasteiger partial charge in [-0.3, -0.25) is 4.79 Å². The van der Waals surface area contributed by atoms with Crippen LogP contribution in [0.3, 0.4) is 0 Å². The molecule has 0 rings (SSSR count). The van der Waals surface area contributed by atoms with Crippen molar-refractivity contribution in [3.63, 3.8) is 0 Å². The third-order valence-corrected chi connectivity index (χ3v) is 2.04. The minimum absolute atomic E-state index is 0.220. The zero-order valence-corrected chi connectivity index (χ0v) is 9.92. The summed E-state index contributed by atoms with van der Waals surface area (Å²) in [6.45, 7) is 9.08. The highest BCUT2D eigenvalue weighted by Crippen LogP contribution is 2.17. The van der Waals surface area contributed by atoms with E-state index in [-0.39, 0.29) is 5.97 Å². The summed E-state index contributed by atoms with van der Waals surface area (Å²) in [5, 5.41) is 0. The number of rotatable bonds is 6. The standard InChI is InChI=1S/C11H22O3/c1-9(2)6-7-14-8-11(3,4)10(12)13-5/h9H,6-8H2,1-5H3. The van der Waals surface area contributed by atoms with Gasteiger partial charge in [0.25, 0.3) is 0 Å². The van der Waals surface area contributed by atoms with Gasteiger partial charge >= 0.3 is 5.97 Å². The molecule has 0 saturated carbocycles. The Bertz CT molecular complexity index is 173. The van der Waals surface area contributed by atoms with Crippen LogP contribution in [0.15, 0.2) is 0 Å². The lowest BCUT2D eigenvalue weighted by atomic mass is 9.95. The maximum absolute atomic E-state index is 11.3. The van der Waals surface area contributed by atoms with Crippen molar-refractivity contribution in [1.29, 1.82) is 0 Å². The van der Waals surface area contributed by atoms with E-state index in [0.717, 1.165) is 6.42 Å². The van der Waals surface area contributed by atoms with Gasteiger partial charge in [0, 0.05) is 6.61 Å². The molecule has 0 aliphatic rings. The van der Waals surface area contributed by atoms with Crippen LogP contribution in [-0.2, 0) is 14.3 Å². The average molecular weight is 202 g/mol. The molecule has 0 atom stereocenters. The summed E-state index contributed by atoms with van der Waals surface area (Å²) in [7, 11) is 1.40. The summed E-state index contributed by atoms with van der Waals surface area (Å²) in [5.74, 6) is 0.415. The Morgan fingerprint density at radius 2 is 1.93 bits per heavy atom. The summed E-state index contributed by atoms with van der Waals surface area (Å²) in [5.41, 5.74) is -0.536. The van der Waals surface area contributed by atoms with E-state index < -0.39 is 5.41 Å². The molecule has 0 aromatic carbocycles. The molecule has 3 nitrogen and oxygen atoms in total. The van der Waals surface area contributed by atoms with Crippen LogP contribution in [0.2, 0.25) is 0 Å². The molecule has 3 heteroatoms. The highest BCUT2D eigenvalue weighted by molar-refractivity contribution is 5.75. The van der Waals surface area contributed by atoms with Crippen LogP contribution in [0, 0.1) is 11.3 Å². The molecule has 14 heavy (non-hydrogen) atoms. The minimum atomic E-state index is -0.536. The summed E-state index contributed by atoms with van der Waals surface area (Å²) >= 11 is 0. The first-order chi connectivity index (χ1) is 6.40. The van der Waals surface area contributed by atoms with Gasteiger partial charge in [0.2, 0.25) is 0 Å². The van der Waals surface area contributed by atoms with Crippen molar-refractivity contribution in [3.05, 3.63) is 0 Å². The van der Waals surface area contributed by atoms with Gasteiger partial charge in [-0.1, -0.05) is 13.8 Å². The number of hydrogen-bond acceptors (Lipinski definition) is 3. The van der Waals surface area contributed by atoms with Gasteiger partial charge in [-0.15, -0.1) is 0 Å². The number of carbonyl (C=O) groups is 1. The highest BCUT2D eigenvalue weighted by Gasteiger charge is 2.28. The fraction of sp³-hybridized carbons (Fsp3) is 0.909. The van der Waals surface area contributed by atoms with Crippen LogP contribution < -0.4 is 0 Å². The molecule has 0 spiro atoms. The first kappa shape index (κ1) is 13.4. The first-order valence-electron chi connectivity index (χ1n) is 5.06. The largest absolute Gasteiger partial charge is 0.469 e. The lowest BCUT2D eigenvalue weighted by Crippen LogP contribution is -2.31. The van der Waals surface area contributed by atoms with Gasteiger partial charge in [0.05, 0.1) is 19.1 Å². The number of ether oxygens (including phenoxy) is 2. The van der Waals surface area contributed by atoms with Crippen molar-refractivity contribution in [2.24, 2.45) is 11.3 Å². The Hall–Kier alpha value is -0.570. The Kier molecular flexibility index (Phi) is 5.77. The number of carbonyl (C=O) groups excluding carboxylic acids is 1. The number of methoxy groups -OCH3 is 1. The summed E-state index contributed by atoms with van der Waals surface area (Å²) in [6.07, 6.45) is 1.03. The van der Waals surface area contributed by atoms with E-state index in [0.29, 0.717) is 19.1 Å². The summed E-state index contributed by atoms with van der Waals surface area (Å²) < 4.78 is 10.1.